The normalized spacial score (nSPS) is 13.8. The third-order valence-corrected chi connectivity index (χ3v) is 5.87. The maximum atomic E-state index is 13.1. The topological polar surface area (TPSA) is 64.7 Å². The molecule has 0 atom stereocenters. The molecule has 0 fully saturated rings. The second kappa shape index (κ2) is 6.19. The minimum Gasteiger partial charge on any atom is -0.312 e. The Morgan fingerprint density at radius 1 is 1.27 bits per heavy atom. The fourth-order valence-electron chi connectivity index (χ4n) is 3.48. The molecule has 0 amide bonds. The lowest BCUT2D eigenvalue weighted by Crippen LogP contribution is -2.25. The van der Waals surface area contributed by atoms with E-state index in [1.54, 1.807) is 28.4 Å². The van der Waals surface area contributed by atoms with Crippen molar-refractivity contribution in [1.29, 1.82) is 0 Å². The second-order valence-electron chi connectivity index (χ2n) is 6.41. The van der Waals surface area contributed by atoms with Gasteiger partial charge < -0.3 is 5.32 Å². The molecule has 1 aromatic carbocycles. The predicted molar refractivity (Wildman–Crippen MR) is 102 cm³/mol. The van der Waals surface area contributed by atoms with Crippen molar-refractivity contribution < 1.29 is 0 Å². The van der Waals surface area contributed by atoms with E-state index in [1.807, 2.05) is 35.1 Å². The highest BCUT2D eigenvalue weighted by Crippen LogP contribution is 2.29. The number of hydrogen-bond donors (Lipinski definition) is 1. The van der Waals surface area contributed by atoms with Crippen molar-refractivity contribution in [3.63, 3.8) is 0 Å². The first-order chi connectivity index (χ1) is 12.8. The third kappa shape index (κ3) is 2.56. The van der Waals surface area contributed by atoms with Crippen LogP contribution in [-0.4, -0.2) is 25.9 Å². The van der Waals surface area contributed by atoms with Crippen LogP contribution in [-0.2, 0) is 19.5 Å². The van der Waals surface area contributed by atoms with Crippen molar-refractivity contribution >= 4 is 21.6 Å². The molecule has 0 radical (unpaired) electrons. The SMILES string of the molecule is O=c1c2c3c(sc2ncn1Cc1cccc(-n2cccn2)c1)CNCC3. The van der Waals surface area contributed by atoms with Gasteiger partial charge in [-0.1, -0.05) is 12.1 Å². The Kier molecular flexibility index (Phi) is 3.69. The first-order valence-corrected chi connectivity index (χ1v) is 9.40. The van der Waals surface area contributed by atoms with E-state index in [0.717, 1.165) is 41.0 Å². The van der Waals surface area contributed by atoms with Crippen LogP contribution in [0.3, 0.4) is 0 Å². The van der Waals surface area contributed by atoms with Crippen LogP contribution in [0.25, 0.3) is 15.9 Å². The van der Waals surface area contributed by atoms with Gasteiger partial charge in [0, 0.05) is 23.8 Å². The van der Waals surface area contributed by atoms with Gasteiger partial charge in [0.05, 0.1) is 23.9 Å². The molecular weight excluding hydrogens is 346 g/mol. The van der Waals surface area contributed by atoms with E-state index in [1.165, 1.54) is 10.4 Å². The number of thiophene rings is 1. The first-order valence-electron chi connectivity index (χ1n) is 8.59. The van der Waals surface area contributed by atoms with Crippen molar-refractivity contribution in [2.75, 3.05) is 6.54 Å². The van der Waals surface area contributed by atoms with Crippen molar-refractivity contribution in [3.05, 3.63) is 75.4 Å². The Hall–Kier alpha value is -2.77. The third-order valence-electron chi connectivity index (χ3n) is 4.73. The van der Waals surface area contributed by atoms with Gasteiger partial charge in [-0.05, 0) is 42.3 Å². The van der Waals surface area contributed by atoms with Crippen LogP contribution in [0, 0.1) is 0 Å². The molecule has 1 aliphatic rings. The van der Waals surface area contributed by atoms with Crippen molar-refractivity contribution in [2.24, 2.45) is 0 Å². The molecule has 6 nitrogen and oxygen atoms in total. The highest BCUT2D eigenvalue weighted by atomic mass is 32.1. The molecule has 1 aliphatic heterocycles. The van der Waals surface area contributed by atoms with Crippen molar-refractivity contribution in [1.82, 2.24) is 24.6 Å². The average Bonchev–Trinajstić information content (AvgIpc) is 3.32. The van der Waals surface area contributed by atoms with E-state index in [9.17, 15) is 4.79 Å². The fourth-order valence-corrected chi connectivity index (χ4v) is 4.63. The van der Waals surface area contributed by atoms with Crippen molar-refractivity contribution in [3.8, 4) is 5.69 Å². The van der Waals surface area contributed by atoms with Crippen LogP contribution >= 0.6 is 11.3 Å². The predicted octanol–water partition coefficient (Wildman–Crippen LogP) is 2.34. The van der Waals surface area contributed by atoms with Crippen LogP contribution in [0.2, 0.25) is 0 Å². The van der Waals surface area contributed by atoms with E-state index < -0.39 is 0 Å². The molecule has 0 saturated carbocycles. The molecule has 0 saturated heterocycles. The number of aromatic nitrogens is 4. The molecule has 130 valence electrons. The Morgan fingerprint density at radius 2 is 2.23 bits per heavy atom. The average molecular weight is 363 g/mol. The molecule has 0 spiro atoms. The molecule has 3 aromatic heterocycles. The molecular formula is C19H17N5OS. The molecule has 0 bridgehead atoms. The maximum absolute atomic E-state index is 13.1. The van der Waals surface area contributed by atoms with Crippen LogP contribution in [0.1, 0.15) is 16.0 Å². The molecule has 0 unspecified atom stereocenters. The lowest BCUT2D eigenvalue weighted by Gasteiger charge is -2.12. The molecule has 4 aromatic rings. The highest BCUT2D eigenvalue weighted by Gasteiger charge is 2.19. The minimum atomic E-state index is 0.0545. The van der Waals surface area contributed by atoms with Crippen LogP contribution in [0.4, 0.5) is 0 Å². The van der Waals surface area contributed by atoms with Crippen LogP contribution < -0.4 is 10.9 Å². The zero-order chi connectivity index (χ0) is 17.5. The maximum Gasteiger partial charge on any atom is 0.262 e. The number of fused-ring (bicyclic) bond motifs is 3. The van der Waals surface area contributed by atoms with Crippen molar-refractivity contribution in [2.45, 2.75) is 19.5 Å². The summed E-state index contributed by atoms with van der Waals surface area (Å²) in [6.45, 7) is 2.25. The van der Waals surface area contributed by atoms with Crippen LogP contribution in [0.15, 0.2) is 53.8 Å². The Morgan fingerprint density at radius 3 is 3.12 bits per heavy atom. The van der Waals surface area contributed by atoms with Gasteiger partial charge in [0.25, 0.3) is 5.56 Å². The summed E-state index contributed by atoms with van der Waals surface area (Å²) in [6, 6.07) is 9.96. The van der Waals surface area contributed by atoms with Gasteiger partial charge >= 0.3 is 0 Å². The fraction of sp³-hybridized carbons (Fsp3) is 0.211. The quantitative estimate of drug-likeness (QED) is 0.607. The van der Waals surface area contributed by atoms with Gasteiger partial charge in [-0.15, -0.1) is 11.3 Å². The number of nitrogens with zero attached hydrogens (tertiary/aromatic N) is 4. The summed E-state index contributed by atoms with van der Waals surface area (Å²) < 4.78 is 3.52. The Balaban J connectivity index is 1.55. The summed E-state index contributed by atoms with van der Waals surface area (Å²) in [5.74, 6) is 0. The van der Waals surface area contributed by atoms with Gasteiger partial charge in [-0.2, -0.15) is 5.10 Å². The zero-order valence-electron chi connectivity index (χ0n) is 14.1. The van der Waals surface area contributed by atoms with E-state index in [4.69, 9.17) is 0 Å². The molecule has 26 heavy (non-hydrogen) atoms. The molecule has 1 N–H and O–H groups in total. The van der Waals surface area contributed by atoms with E-state index >= 15 is 0 Å². The summed E-state index contributed by atoms with van der Waals surface area (Å²) >= 11 is 1.63. The monoisotopic (exact) mass is 363 g/mol. The minimum absolute atomic E-state index is 0.0545. The Bertz CT molecular complexity index is 1140. The summed E-state index contributed by atoms with van der Waals surface area (Å²) in [4.78, 5) is 19.7. The van der Waals surface area contributed by atoms with Gasteiger partial charge in [0.15, 0.2) is 0 Å². The van der Waals surface area contributed by atoms with Gasteiger partial charge in [-0.25, -0.2) is 9.67 Å². The van der Waals surface area contributed by atoms with Gasteiger partial charge in [0.1, 0.15) is 4.83 Å². The smallest absolute Gasteiger partial charge is 0.262 e. The van der Waals surface area contributed by atoms with Crippen LogP contribution in [0.5, 0.6) is 0 Å². The summed E-state index contributed by atoms with van der Waals surface area (Å²) in [6.07, 6.45) is 6.22. The number of rotatable bonds is 3. The number of nitrogens with one attached hydrogen (secondary N) is 1. The molecule has 5 rings (SSSR count). The standard InChI is InChI=1S/C19H17N5OS/c25-19-17-15-5-7-20-10-16(15)26-18(17)21-12-23(19)11-13-3-1-4-14(9-13)24-8-2-6-22-24/h1-4,6,8-9,12,20H,5,7,10-11H2. The summed E-state index contributed by atoms with van der Waals surface area (Å²) in [5.41, 5.74) is 3.26. The lowest BCUT2D eigenvalue weighted by atomic mass is 10.1. The van der Waals surface area contributed by atoms with E-state index in [2.05, 4.69) is 21.5 Å². The number of benzene rings is 1. The second-order valence-corrected chi connectivity index (χ2v) is 7.49. The van der Waals surface area contributed by atoms with E-state index in [0.29, 0.717) is 6.54 Å². The molecule has 7 heteroatoms. The highest BCUT2D eigenvalue weighted by molar-refractivity contribution is 7.18. The summed E-state index contributed by atoms with van der Waals surface area (Å²) in [5, 5.41) is 8.43. The van der Waals surface area contributed by atoms with Gasteiger partial charge in [-0.3, -0.25) is 9.36 Å². The molecule has 0 aliphatic carbocycles. The van der Waals surface area contributed by atoms with E-state index in [-0.39, 0.29) is 5.56 Å². The van der Waals surface area contributed by atoms with Gasteiger partial charge in [0.2, 0.25) is 0 Å². The first kappa shape index (κ1) is 15.5. The molecule has 4 heterocycles. The zero-order valence-corrected chi connectivity index (χ0v) is 14.9. The Labute approximate surface area is 153 Å². The largest absolute Gasteiger partial charge is 0.312 e. The summed E-state index contributed by atoms with van der Waals surface area (Å²) in [7, 11) is 0. The lowest BCUT2D eigenvalue weighted by molar-refractivity contribution is 0.656. The number of hydrogen-bond acceptors (Lipinski definition) is 5.